The summed E-state index contributed by atoms with van der Waals surface area (Å²) in [6.45, 7) is 2.44. The van der Waals surface area contributed by atoms with E-state index >= 15 is 0 Å². The molecule has 0 fully saturated rings. The Morgan fingerprint density at radius 3 is 2.43 bits per heavy atom. The van der Waals surface area contributed by atoms with Crippen LogP contribution in [-0.4, -0.2) is 16.1 Å². The number of carbonyl (C=O) groups excluding carboxylic acids is 1. The van der Waals surface area contributed by atoms with Crippen molar-refractivity contribution in [1.29, 1.82) is 0 Å². The topological polar surface area (TPSA) is 68.0 Å². The number of aryl methyl sites for hydroxylation is 1. The van der Waals surface area contributed by atoms with Crippen molar-refractivity contribution in [1.82, 2.24) is 15.5 Å². The third-order valence-corrected chi connectivity index (χ3v) is 5.58. The van der Waals surface area contributed by atoms with Crippen molar-refractivity contribution in [2.24, 2.45) is 0 Å². The lowest BCUT2D eigenvalue weighted by Gasteiger charge is -2.06. The fourth-order valence-corrected chi connectivity index (χ4v) is 3.64. The summed E-state index contributed by atoms with van der Waals surface area (Å²) < 4.78 is 5.22. The van der Waals surface area contributed by atoms with Gasteiger partial charge in [0.2, 0.25) is 0 Å². The summed E-state index contributed by atoms with van der Waals surface area (Å²) in [5, 5.41) is 12.4. The molecule has 4 rings (SSSR count). The van der Waals surface area contributed by atoms with Crippen LogP contribution in [0.1, 0.15) is 27.2 Å². The zero-order valence-electron chi connectivity index (χ0n) is 16.5. The molecule has 1 amide bonds. The predicted octanol–water partition coefficient (Wildman–Crippen LogP) is 5.27. The van der Waals surface area contributed by atoms with E-state index in [1.165, 1.54) is 5.56 Å². The van der Waals surface area contributed by atoms with Crippen LogP contribution < -0.4 is 5.32 Å². The molecular formula is C24H21N3O2S. The second-order valence-corrected chi connectivity index (χ2v) is 7.87. The Kier molecular flexibility index (Phi) is 6.25. The van der Waals surface area contributed by atoms with E-state index in [0.29, 0.717) is 12.1 Å². The van der Waals surface area contributed by atoms with E-state index in [-0.39, 0.29) is 5.91 Å². The second kappa shape index (κ2) is 9.41. The summed E-state index contributed by atoms with van der Waals surface area (Å²) in [7, 11) is 0. The number of nitrogens with zero attached hydrogens (tertiary/aromatic N) is 2. The molecule has 0 spiro atoms. The van der Waals surface area contributed by atoms with Gasteiger partial charge in [-0.05, 0) is 48.9 Å². The van der Waals surface area contributed by atoms with Gasteiger partial charge in [-0.3, -0.25) is 4.79 Å². The number of nitrogens with one attached hydrogen (secondary N) is 1. The average Bonchev–Trinajstić information content (AvgIpc) is 3.31. The van der Waals surface area contributed by atoms with E-state index in [2.05, 4.69) is 46.7 Å². The van der Waals surface area contributed by atoms with Crippen LogP contribution in [0.15, 0.2) is 88.5 Å². The smallest absolute Gasteiger partial charge is 0.251 e. The second-order valence-electron chi connectivity index (χ2n) is 6.87. The Morgan fingerprint density at radius 1 is 0.967 bits per heavy atom. The SMILES string of the molecule is Cc1ccc(-c2ccc(SCc3ccc(C(=O)NCc4ccco4)cc3)nn2)cc1. The zero-order valence-corrected chi connectivity index (χ0v) is 17.4. The minimum Gasteiger partial charge on any atom is -0.467 e. The van der Waals surface area contributed by atoms with E-state index in [0.717, 1.165) is 33.4 Å². The number of thioether (sulfide) groups is 1. The number of furan rings is 1. The van der Waals surface area contributed by atoms with Crippen molar-refractivity contribution >= 4 is 17.7 Å². The fourth-order valence-electron chi connectivity index (χ4n) is 2.87. The summed E-state index contributed by atoms with van der Waals surface area (Å²) in [5.41, 5.74) is 4.89. The number of carbonyl (C=O) groups is 1. The summed E-state index contributed by atoms with van der Waals surface area (Å²) in [6.07, 6.45) is 1.59. The maximum atomic E-state index is 12.2. The van der Waals surface area contributed by atoms with Crippen LogP contribution in [-0.2, 0) is 12.3 Å². The molecule has 2 aromatic carbocycles. The zero-order chi connectivity index (χ0) is 20.8. The van der Waals surface area contributed by atoms with E-state index < -0.39 is 0 Å². The fraction of sp³-hybridized carbons (Fsp3) is 0.125. The number of amides is 1. The van der Waals surface area contributed by atoms with Crippen LogP contribution in [0.3, 0.4) is 0 Å². The van der Waals surface area contributed by atoms with Crippen molar-refractivity contribution in [3.63, 3.8) is 0 Å². The molecule has 0 unspecified atom stereocenters. The van der Waals surface area contributed by atoms with Crippen LogP contribution in [0, 0.1) is 6.92 Å². The summed E-state index contributed by atoms with van der Waals surface area (Å²) in [4.78, 5) is 12.2. The van der Waals surface area contributed by atoms with Gasteiger partial charge in [-0.2, -0.15) is 0 Å². The molecule has 0 aliphatic carbocycles. The molecular weight excluding hydrogens is 394 g/mol. The van der Waals surface area contributed by atoms with Gasteiger partial charge < -0.3 is 9.73 Å². The highest BCUT2D eigenvalue weighted by atomic mass is 32.2. The van der Waals surface area contributed by atoms with Crippen molar-refractivity contribution in [2.75, 3.05) is 0 Å². The molecule has 0 saturated carbocycles. The van der Waals surface area contributed by atoms with Gasteiger partial charge >= 0.3 is 0 Å². The summed E-state index contributed by atoms with van der Waals surface area (Å²) in [6, 6.07) is 23.4. The van der Waals surface area contributed by atoms with Crippen LogP contribution in [0.4, 0.5) is 0 Å². The first-order valence-electron chi connectivity index (χ1n) is 9.60. The van der Waals surface area contributed by atoms with Gasteiger partial charge in [-0.1, -0.05) is 53.7 Å². The van der Waals surface area contributed by atoms with E-state index in [4.69, 9.17) is 4.42 Å². The van der Waals surface area contributed by atoms with Gasteiger partial charge in [0.05, 0.1) is 18.5 Å². The molecule has 2 heterocycles. The third-order valence-electron chi connectivity index (χ3n) is 4.59. The highest BCUT2D eigenvalue weighted by molar-refractivity contribution is 7.98. The van der Waals surface area contributed by atoms with Gasteiger partial charge in [0.15, 0.2) is 0 Å². The molecule has 0 aliphatic heterocycles. The van der Waals surface area contributed by atoms with Crippen LogP contribution in [0.5, 0.6) is 0 Å². The number of hydrogen-bond donors (Lipinski definition) is 1. The molecule has 0 aliphatic rings. The van der Waals surface area contributed by atoms with Gasteiger partial charge in [0, 0.05) is 16.9 Å². The quantitative estimate of drug-likeness (QED) is 0.417. The molecule has 6 heteroatoms. The van der Waals surface area contributed by atoms with Crippen molar-refractivity contribution < 1.29 is 9.21 Å². The van der Waals surface area contributed by atoms with Crippen molar-refractivity contribution in [3.8, 4) is 11.3 Å². The van der Waals surface area contributed by atoms with Crippen molar-refractivity contribution in [3.05, 3.63) is 102 Å². The lowest BCUT2D eigenvalue weighted by atomic mass is 10.1. The number of hydrogen-bond acceptors (Lipinski definition) is 5. The van der Waals surface area contributed by atoms with Crippen LogP contribution >= 0.6 is 11.8 Å². The third kappa shape index (κ3) is 5.15. The number of aromatic nitrogens is 2. The Bertz CT molecular complexity index is 1090. The Balaban J connectivity index is 1.30. The molecule has 0 saturated heterocycles. The average molecular weight is 416 g/mol. The lowest BCUT2D eigenvalue weighted by molar-refractivity contribution is 0.0948. The largest absolute Gasteiger partial charge is 0.467 e. The molecule has 30 heavy (non-hydrogen) atoms. The van der Waals surface area contributed by atoms with Gasteiger partial charge in [0.25, 0.3) is 5.91 Å². The molecule has 2 aromatic heterocycles. The molecule has 0 bridgehead atoms. The molecule has 1 N–H and O–H groups in total. The predicted molar refractivity (Wildman–Crippen MR) is 118 cm³/mol. The maximum Gasteiger partial charge on any atom is 0.251 e. The molecule has 150 valence electrons. The van der Waals surface area contributed by atoms with Crippen molar-refractivity contribution in [2.45, 2.75) is 24.2 Å². The molecule has 0 atom stereocenters. The van der Waals surface area contributed by atoms with Gasteiger partial charge in [-0.15, -0.1) is 10.2 Å². The highest BCUT2D eigenvalue weighted by Crippen LogP contribution is 2.23. The Hall–Kier alpha value is -3.38. The summed E-state index contributed by atoms with van der Waals surface area (Å²) >= 11 is 1.62. The van der Waals surface area contributed by atoms with Gasteiger partial charge in [0.1, 0.15) is 10.8 Å². The summed E-state index contributed by atoms with van der Waals surface area (Å²) in [5.74, 6) is 1.36. The monoisotopic (exact) mass is 415 g/mol. The Labute approximate surface area is 179 Å². The molecule has 4 aromatic rings. The highest BCUT2D eigenvalue weighted by Gasteiger charge is 2.07. The normalized spacial score (nSPS) is 10.7. The first kappa shape index (κ1) is 19.9. The number of benzene rings is 2. The molecule has 0 radical (unpaired) electrons. The molecule has 5 nitrogen and oxygen atoms in total. The maximum absolute atomic E-state index is 12.2. The Morgan fingerprint density at radius 2 is 1.77 bits per heavy atom. The first-order chi connectivity index (χ1) is 14.7. The lowest BCUT2D eigenvalue weighted by Crippen LogP contribution is -2.22. The van der Waals surface area contributed by atoms with E-state index in [1.807, 2.05) is 42.5 Å². The standard InChI is InChI=1S/C24H21N3O2S/c1-17-4-8-19(9-5-17)22-12-13-23(27-26-22)30-16-18-6-10-20(11-7-18)24(28)25-15-21-3-2-14-29-21/h2-14H,15-16H2,1H3,(H,25,28). The van der Waals surface area contributed by atoms with Crippen LogP contribution in [0.25, 0.3) is 11.3 Å². The first-order valence-corrected chi connectivity index (χ1v) is 10.6. The minimum atomic E-state index is -0.122. The van der Waals surface area contributed by atoms with E-state index in [1.54, 1.807) is 24.1 Å². The number of rotatable bonds is 7. The van der Waals surface area contributed by atoms with Crippen LogP contribution in [0.2, 0.25) is 0 Å². The van der Waals surface area contributed by atoms with Gasteiger partial charge in [-0.25, -0.2) is 0 Å². The minimum absolute atomic E-state index is 0.122. The van der Waals surface area contributed by atoms with E-state index in [9.17, 15) is 4.79 Å².